The average Bonchev–Trinajstić information content (AvgIpc) is 2.33. The molecule has 0 N–H and O–H groups in total. The van der Waals surface area contributed by atoms with Gasteiger partial charge in [-0.15, -0.1) is 0 Å². The molecule has 0 aromatic heterocycles. The van der Waals surface area contributed by atoms with Gasteiger partial charge in [0.1, 0.15) is 0 Å². The number of alkyl halides is 3. The van der Waals surface area contributed by atoms with E-state index in [1.807, 2.05) is 34.7 Å². The Kier molecular flexibility index (Phi) is 7.33. The molecule has 0 saturated carbocycles. The van der Waals surface area contributed by atoms with Gasteiger partial charge in [0.05, 0.1) is 0 Å². The van der Waals surface area contributed by atoms with Crippen molar-refractivity contribution in [2.45, 2.75) is 33.9 Å². The number of carbonyl (C=O) groups excluding carboxylic acids is 1. The molecule has 2 aliphatic rings. The Morgan fingerprint density at radius 2 is 1.55 bits per heavy atom. The van der Waals surface area contributed by atoms with Crippen molar-refractivity contribution >= 4 is 6.09 Å². The lowest BCUT2D eigenvalue weighted by molar-refractivity contribution is -0.168. The Morgan fingerprint density at radius 3 is 1.90 bits per heavy atom. The van der Waals surface area contributed by atoms with E-state index >= 15 is 0 Å². The van der Waals surface area contributed by atoms with Gasteiger partial charge in [-0.2, -0.15) is 13.2 Å². The van der Waals surface area contributed by atoms with Gasteiger partial charge in [0.25, 0.3) is 0 Å². The van der Waals surface area contributed by atoms with E-state index in [0.29, 0.717) is 13.1 Å². The maximum absolute atomic E-state index is 11.8. The predicted molar refractivity (Wildman–Crippen MR) is 71.6 cm³/mol. The van der Waals surface area contributed by atoms with E-state index in [9.17, 15) is 18.0 Å². The van der Waals surface area contributed by atoms with Crippen LogP contribution in [0, 0.1) is 5.41 Å². The van der Waals surface area contributed by atoms with Gasteiger partial charge in [0.15, 0.2) is 6.61 Å². The lowest BCUT2D eigenvalue weighted by atomic mass is 9.73. The number of amides is 1. The first kappa shape index (κ1) is 19.0. The predicted octanol–water partition coefficient (Wildman–Crippen LogP) is 2.99. The van der Waals surface area contributed by atoms with E-state index in [-0.39, 0.29) is 5.41 Å². The van der Waals surface area contributed by atoms with Crippen molar-refractivity contribution in [2.24, 2.45) is 5.41 Å². The summed E-state index contributed by atoms with van der Waals surface area (Å²) in [5.41, 5.74) is 0.117. The summed E-state index contributed by atoms with van der Waals surface area (Å²) in [5.74, 6) is 0. The highest BCUT2D eigenvalue weighted by molar-refractivity contribution is 5.69. The van der Waals surface area contributed by atoms with Crippen LogP contribution in [0.3, 0.4) is 0 Å². The van der Waals surface area contributed by atoms with Gasteiger partial charge in [-0.3, -0.25) is 0 Å². The maximum atomic E-state index is 11.8. The van der Waals surface area contributed by atoms with Gasteiger partial charge < -0.3 is 14.5 Å². The van der Waals surface area contributed by atoms with Gasteiger partial charge in [-0.1, -0.05) is 27.7 Å². The lowest BCUT2D eigenvalue weighted by Gasteiger charge is -2.58. The molecule has 0 aromatic rings. The zero-order valence-electron chi connectivity index (χ0n) is 12.9. The summed E-state index contributed by atoms with van der Waals surface area (Å²) < 4.78 is 39.5. The number of halogens is 3. The van der Waals surface area contributed by atoms with Crippen molar-refractivity contribution in [1.29, 1.82) is 0 Å². The van der Waals surface area contributed by atoms with E-state index in [1.165, 1.54) is 4.90 Å². The van der Waals surface area contributed by atoms with E-state index in [0.717, 1.165) is 13.1 Å². The minimum Gasteiger partial charge on any atom is -0.440 e. The standard InChI is InChI=1S/C9H13F3N2O2.2C2H6/c1-13-2-8(3-13)4-14(5-8)7(15)16-6-9(10,11)12;2*1-2/h2-6H2,1H3;2*1-2H3. The number of rotatable bonds is 1. The molecule has 2 fully saturated rings. The highest BCUT2D eigenvalue weighted by atomic mass is 19.4. The average molecular weight is 298 g/mol. The van der Waals surface area contributed by atoms with Crippen LogP contribution in [0.1, 0.15) is 27.7 Å². The zero-order valence-corrected chi connectivity index (χ0v) is 12.9. The summed E-state index contributed by atoms with van der Waals surface area (Å²) in [4.78, 5) is 14.6. The molecule has 2 saturated heterocycles. The van der Waals surface area contributed by atoms with Crippen LogP contribution in [0.25, 0.3) is 0 Å². The molecule has 0 unspecified atom stereocenters. The first-order valence-corrected chi connectivity index (χ1v) is 6.97. The molecule has 4 nitrogen and oxygen atoms in total. The number of nitrogens with zero attached hydrogens (tertiary/aromatic N) is 2. The topological polar surface area (TPSA) is 32.8 Å². The van der Waals surface area contributed by atoms with Crippen LogP contribution in [0.2, 0.25) is 0 Å². The molecule has 0 radical (unpaired) electrons. The summed E-state index contributed by atoms with van der Waals surface area (Å²) in [5, 5.41) is 0. The highest BCUT2D eigenvalue weighted by Crippen LogP contribution is 2.38. The summed E-state index contributed by atoms with van der Waals surface area (Å²) in [6.45, 7) is 9.31. The summed E-state index contributed by atoms with van der Waals surface area (Å²) in [6.07, 6.45) is -5.31. The van der Waals surface area contributed by atoms with Crippen molar-refractivity contribution < 1.29 is 22.7 Å². The summed E-state index contributed by atoms with van der Waals surface area (Å²) in [6, 6.07) is 0. The zero-order chi connectivity index (χ0) is 16.0. The Labute approximate surface area is 118 Å². The fourth-order valence-electron chi connectivity index (χ4n) is 2.43. The fraction of sp³-hybridized carbons (Fsp3) is 0.923. The van der Waals surface area contributed by atoms with Crippen LogP contribution in [0.15, 0.2) is 0 Å². The summed E-state index contributed by atoms with van der Waals surface area (Å²) in [7, 11) is 1.97. The molecule has 0 aromatic carbocycles. The van der Waals surface area contributed by atoms with Gasteiger partial charge >= 0.3 is 12.3 Å². The normalized spacial score (nSPS) is 19.7. The quantitative estimate of drug-likeness (QED) is 0.746. The molecular formula is C13H25F3N2O2. The lowest BCUT2D eigenvalue weighted by Crippen LogP contribution is -2.72. The van der Waals surface area contributed by atoms with E-state index in [1.54, 1.807) is 0 Å². The van der Waals surface area contributed by atoms with E-state index < -0.39 is 18.9 Å². The van der Waals surface area contributed by atoms with Crippen molar-refractivity contribution in [3.8, 4) is 0 Å². The molecule has 2 heterocycles. The first-order valence-electron chi connectivity index (χ1n) is 6.97. The largest absolute Gasteiger partial charge is 0.440 e. The minimum absolute atomic E-state index is 0.117. The number of likely N-dealkylation sites (tertiary alicyclic amines) is 2. The first-order chi connectivity index (χ1) is 9.30. The Morgan fingerprint density at radius 1 is 1.10 bits per heavy atom. The number of ether oxygens (including phenoxy) is 1. The van der Waals surface area contributed by atoms with Crippen LogP contribution < -0.4 is 0 Å². The molecule has 0 aliphatic carbocycles. The monoisotopic (exact) mass is 298 g/mol. The SMILES string of the molecule is CC.CC.CN1CC2(C1)CN(C(=O)OCC(F)(F)F)C2. The number of hydrogen-bond donors (Lipinski definition) is 0. The smallest absolute Gasteiger partial charge is 0.422 e. The Bertz CT molecular complexity index is 294. The van der Waals surface area contributed by atoms with Crippen LogP contribution >= 0.6 is 0 Å². The second-order valence-electron chi connectivity index (χ2n) is 4.70. The second-order valence-corrected chi connectivity index (χ2v) is 4.70. The molecule has 20 heavy (non-hydrogen) atoms. The summed E-state index contributed by atoms with van der Waals surface area (Å²) >= 11 is 0. The van der Waals surface area contributed by atoms with E-state index in [4.69, 9.17) is 0 Å². The Hall–Kier alpha value is -0.980. The molecule has 1 amide bonds. The van der Waals surface area contributed by atoms with Crippen molar-refractivity contribution in [1.82, 2.24) is 9.80 Å². The third kappa shape index (κ3) is 5.19. The molecule has 0 atom stereocenters. The maximum Gasteiger partial charge on any atom is 0.422 e. The third-order valence-electron chi connectivity index (χ3n) is 2.88. The third-order valence-corrected chi connectivity index (χ3v) is 2.88. The molecule has 2 rings (SSSR count). The molecular weight excluding hydrogens is 273 g/mol. The second kappa shape index (κ2) is 7.71. The molecule has 7 heteroatoms. The molecule has 2 aliphatic heterocycles. The minimum atomic E-state index is -4.45. The van der Waals surface area contributed by atoms with Crippen molar-refractivity contribution in [3.05, 3.63) is 0 Å². The van der Waals surface area contributed by atoms with Crippen LogP contribution in [-0.4, -0.2) is 61.9 Å². The van der Waals surface area contributed by atoms with Crippen molar-refractivity contribution in [2.75, 3.05) is 39.8 Å². The molecule has 0 bridgehead atoms. The highest BCUT2D eigenvalue weighted by Gasteiger charge is 2.52. The molecule has 1 spiro atoms. The Balaban J connectivity index is 0.000000829. The van der Waals surface area contributed by atoms with Crippen molar-refractivity contribution in [3.63, 3.8) is 0 Å². The number of hydrogen-bond acceptors (Lipinski definition) is 3. The molecule has 120 valence electrons. The number of carbonyl (C=O) groups is 1. The van der Waals surface area contributed by atoms with Gasteiger partial charge in [0.2, 0.25) is 0 Å². The van der Waals surface area contributed by atoms with Crippen LogP contribution in [0.5, 0.6) is 0 Å². The van der Waals surface area contributed by atoms with Gasteiger partial charge in [-0.05, 0) is 7.05 Å². The van der Waals surface area contributed by atoms with Gasteiger partial charge in [0, 0.05) is 31.6 Å². The fourth-order valence-corrected chi connectivity index (χ4v) is 2.43. The van der Waals surface area contributed by atoms with Gasteiger partial charge in [-0.25, -0.2) is 4.79 Å². The van der Waals surface area contributed by atoms with Crippen LogP contribution in [-0.2, 0) is 4.74 Å². The van der Waals surface area contributed by atoms with Crippen LogP contribution in [0.4, 0.5) is 18.0 Å². The van der Waals surface area contributed by atoms with E-state index in [2.05, 4.69) is 9.64 Å².